The molecule has 2 nitrogen and oxygen atoms in total. The Balaban J connectivity index is 2.78. The highest BCUT2D eigenvalue weighted by Crippen LogP contribution is 2.25. The summed E-state index contributed by atoms with van der Waals surface area (Å²) < 4.78 is 0. The summed E-state index contributed by atoms with van der Waals surface area (Å²) in [6, 6.07) is 6.18. The normalized spacial score (nSPS) is 13.1. The second-order valence-electron chi connectivity index (χ2n) is 4.69. The molecule has 0 spiro atoms. The van der Waals surface area contributed by atoms with Gasteiger partial charge in [0.25, 0.3) is 0 Å². The van der Waals surface area contributed by atoms with Gasteiger partial charge in [-0.05, 0) is 48.9 Å². The van der Waals surface area contributed by atoms with E-state index in [4.69, 9.17) is 17.4 Å². The lowest BCUT2D eigenvalue weighted by Gasteiger charge is -2.19. The van der Waals surface area contributed by atoms with Crippen LogP contribution in [0.4, 0.5) is 0 Å². The number of benzene rings is 1. The van der Waals surface area contributed by atoms with Crippen molar-refractivity contribution in [3.05, 3.63) is 34.3 Å². The first kappa shape index (κ1) is 13.5. The largest absolute Gasteiger partial charge is 0.271 e. The Hall–Kier alpha value is -0.570. The molecule has 16 heavy (non-hydrogen) atoms. The van der Waals surface area contributed by atoms with Crippen LogP contribution in [0, 0.1) is 12.8 Å². The molecule has 90 valence electrons. The van der Waals surface area contributed by atoms with Gasteiger partial charge >= 0.3 is 0 Å². The molecule has 1 rings (SSSR count). The molecule has 1 unspecified atom stereocenters. The predicted octanol–water partition coefficient (Wildman–Crippen LogP) is 3.59. The number of aryl methyl sites for hydroxylation is 1. The molecule has 0 aliphatic rings. The molecule has 0 fully saturated rings. The minimum Gasteiger partial charge on any atom is -0.271 e. The van der Waals surface area contributed by atoms with Crippen LogP contribution in [0.3, 0.4) is 0 Å². The molecule has 0 heterocycles. The van der Waals surface area contributed by atoms with E-state index in [0.29, 0.717) is 5.92 Å². The maximum Gasteiger partial charge on any atom is 0.0462 e. The van der Waals surface area contributed by atoms with Crippen molar-refractivity contribution in [3.63, 3.8) is 0 Å². The molecule has 1 atom stereocenters. The molecule has 1 aromatic rings. The Kier molecular flexibility index (Phi) is 5.26. The molecule has 0 amide bonds. The van der Waals surface area contributed by atoms with Crippen LogP contribution in [0.2, 0.25) is 5.02 Å². The lowest BCUT2D eigenvalue weighted by molar-refractivity contribution is 0.447. The number of halogens is 1. The van der Waals surface area contributed by atoms with Gasteiger partial charge in [-0.2, -0.15) is 0 Å². The Morgan fingerprint density at radius 1 is 1.31 bits per heavy atom. The first-order valence-electron chi connectivity index (χ1n) is 5.76. The Morgan fingerprint density at radius 3 is 2.50 bits per heavy atom. The molecular weight excluding hydrogens is 220 g/mol. The summed E-state index contributed by atoms with van der Waals surface area (Å²) in [5, 5.41) is 0.779. The van der Waals surface area contributed by atoms with Crippen LogP contribution in [-0.2, 0) is 0 Å². The van der Waals surface area contributed by atoms with Gasteiger partial charge in [0.2, 0.25) is 0 Å². The lowest BCUT2D eigenvalue weighted by Crippen LogP contribution is -2.28. The number of hydrogen-bond donors (Lipinski definition) is 2. The van der Waals surface area contributed by atoms with Crippen molar-refractivity contribution in [3.8, 4) is 0 Å². The van der Waals surface area contributed by atoms with Crippen molar-refractivity contribution in [1.82, 2.24) is 5.43 Å². The van der Waals surface area contributed by atoms with E-state index in [9.17, 15) is 0 Å². The maximum absolute atomic E-state index is 5.94. The molecular formula is C13H21ClN2. The zero-order chi connectivity index (χ0) is 12.1. The number of nitrogens with two attached hydrogens (primary N) is 1. The second-order valence-corrected chi connectivity index (χ2v) is 5.13. The quantitative estimate of drug-likeness (QED) is 0.610. The summed E-state index contributed by atoms with van der Waals surface area (Å²) in [4.78, 5) is 0. The van der Waals surface area contributed by atoms with E-state index in [1.165, 1.54) is 11.1 Å². The van der Waals surface area contributed by atoms with Crippen molar-refractivity contribution in [2.75, 3.05) is 0 Å². The zero-order valence-electron chi connectivity index (χ0n) is 10.3. The molecule has 0 bridgehead atoms. The smallest absolute Gasteiger partial charge is 0.0462 e. The van der Waals surface area contributed by atoms with Gasteiger partial charge in [-0.3, -0.25) is 11.3 Å². The summed E-state index contributed by atoms with van der Waals surface area (Å²) in [6.07, 6.45) is 2.22. The van der Waals surface area contributed by atoms with E-state index in [1.807, 2.05) is 12.1 Å². The first-order valence-corrected chi connectivity index (χ1v) is 6.14. The Morgan fingerprint density at radius 2 is 2.00 bits per heavy atom. The van der Waals surface area contributed by atoms with Crippen LogP contribution in [-0.4, -0.2) is 0 Å². The van der Waals surface area contributed by atoms with E-state index < -0.39 is 0 Å². The minimum absolute atomic E-state index is 0.222. The van der Waals surface area contributed by atoms with Crippen LogP contribution >= 0.6 is 11.6 Å². The maximum atomic E-state index is 5.94. The third-order valence-electron chi connectivity index (χ3n) is 2.84. The standard InChI is InChI=1S/C13H21ClN2/c1-9(2)4-7-13(16-15)12-6-5-11(14)8-10(12)3/h5-6,8-9,13,16H,4,7,15H2,1-3H3. The van der Waals surface area contributed by atoms with E-state index in [0.717, 1.165) is 17.9 Å². The van der Waals surface area contributed by atoms with Crippen molar-refractivity contribution in [2.24, 2.45) is 11.8 Å². The topological polar surface area (TPSA) is 38.0 Å². The van der Waals surface area contributed by atoms with Gasteiger partial charge in [-0.1, -0.05) is 31.5 Å². The van der Waals surface area contributed by atoms with E-state index >= 15 is 0 Å². The van der Waals surface area contributed by atoms with Crippen molar-refractivity contribution < 1.29 is 0 Å². The summed E-state index contributed by atoms with van der Waals surface area (Å²) >= 11 is 5.94. The summed E-state index contributed by atoms with van der Waals surface area (Å²) in [6.45, 7) is 6.52. The molecule has 3 N–H and O–H groups in total. The number of hydrazine groups is 1. The van der Waals surface area contributed by atoms with Crippen LogP contribution in [0.1, 0.15) is 43.9 Å². The minimum atomic E-state index is 0.222. The average molecular weight is 241 g/mol. The summed E-state index contributed by atoms with van der Waals surface area (Å²) in [5.41, 5.74) is 5.33. The highest BCUT2D eigenvalue weighted by atomic mass is 35.5. The molecule has 0 saturated carbocycles. The molecule has 1 aromatic carbocycles. The fourth-order valence-corrected chi connectivity index (χ4v) is 2.09. The SMILES string of the molecule is Cc1cc(Cl)ccc1C(CCC(C)C)NN. The van der Waals surface area contributed by atoms with Crippen LogP contribution in [0.5, 0.6) is 0 Å². The van der Waals surface area contributed by atoms with Crippen molar-refractivity contribution >= 4 is 11.6 Å². The Bertz CT molecular complexity index is 337. The fraction of sp³-hybridized carbons (Fsp3) is 0.538. The first-order chi connectivity index (χ1) is 7.54. The third kappa shape index (κ3) is 3.78. The molecule has 0 aliphatic carbocycles. The predicted molar refractivity (Wildman–Crippen MR) is 70.3 cm³/mol. The number of nitrogens with one attached hydrogen (secondary N) is 1. The molecule has 0 saturated heterocycles. The van der Waals surface area contributed by atoms with E-state index in [2.05, 4.69) is 32.3 Å². The fourth-order valence-electron chi connectivity index (χ4n) is 1.86. The second kappa shape index (κ2) is 6.24. The molecule has 0 aliphatic heterocycles. The summed E-state index contributed by atoms with van der Waals surface area (Å²) in [5.74, 6) is 6.31. The number of rotatable bonds is 5. The highest BCUT2D eigenvalue weighted by molar-refractivity contribution is 6.30. The number of hydrogen-bond acceptors (Lipinski definition) is 2. The van der Waals surface area contributed by atoms with Gasteiger partial charge in [0.05, 0.1) is 0 Å². The van der Waals surface area contributed by atoms with Gasteiger partial charge in [0.1, 0.15) is 0 Å². The lowest BCUT2D eigenvalue weighted by atomic mass is 9.95. The van der Waals surface area contributed by atoms with Gasteiger partial charge in [0, 0.05) is 11.1 Å². The van der Waals surface area contributed by atoms with Crippen molar-refractivity contribution in [1.29, 1.82) is 0 Å². The summed E-state index contributed by atoms with van der Waals surface area (Å²) in [7, 11) is 0. The van der Waals surface area contributed by atoms with Crippen LogP contribution in [0.15, 0.2) is 18.2 Å². The average Bonchev–Trinajstić information content (AvgIpc) is 2.21. The third-order valence-corrected chi connectivity index (χ3v) is 3.08. The van der Waals surface area contributed by atoms with Gasteiger partial charge in [0.15, 0.2) is 0 Å². The van der Waals surface area contributed by atoms with E-state index in [-0.39, 0.29) is 6.04 Å². The van der Waals surface area contributed by atoms with Crippen molar-refractivity contribution in [2.45, 2.75) is 39.7 Å². The van der Waals surface area contributed by atoms with E-state index in [1.54, 1.807) is 0 Å². The van der Waals surface area contributed by atoms with Gasteiger partial charge < -0.3 is 0 Å². The molecule has 0 aromatic heterocycles. The molecule has 0 radical (unpaired) electrons. The highest BCUT2D eigenvalue weighted by Gasteiger charge is 2.12. The zero-order valence-corrected chi connectivity index (χ0v) is 11.0. The van der Waals surface area contributed by atoms with Gasteiger partial charge in [-0.15, -0.1) is 0 Å². The molecule has 3 heteroatoms. The monoisotopic (exact) mass is 240 g/mol. The van der Waals surface area contributed by atoms with Crippen LogP contribution in [0.25, 0.3) is 0 Å². The Labute approximate surface area is 103 Å². The van der Waals surface area contributed by atoms with Crippen LogP contribution < -0.4 is 11.3 Å². The van der Waals surface area contributed by atoms with Gasteiger partial charge in [-0.25, -0.2) is 0 Å².